The van der Waals surface area contributed by atoms with E-state index < -0.39 is 5.79 Å². The van der Waals surface area contributed by atoms with Gasteiger partial charge in [-0.1, -0.05) is 66.2 Å². The fourth-order valence-corrected chi connectivity index (χ4v) is 4.64. The van der Waals surface area contributed by atoms with Crippen molar-refractivity contribution in [2.75, 3.05) is 26.4 Å². The van der Waals surface area contributed by atoms with Crippen molar-refractivity contribution in [3.63, 3.8) is 0 Å². The van der Waals surface area contributed by atoms with Crippen LogP contribution in [0.5, 0.6) is 11.5 Å². The lowest BCUT2D eigenvalue weighted by molar-refractivity contribution is -0.269. The summed E-state index contributed by atoms with van der Waals surface area (Å²) in [5, 5.41) is 0. The van der Waals surface area contributed by atoms with Gasteiger partial charge in [-0.25, -0.2) is 0 Å². The number of aldehydes is 2. The first kappa shape index (κ1) is 26.8. The average molecular weight is 469 g/mol. The zero-order valence-corrected chi connectivity index (χ0v) is 21.0. The SMILES string of the molecule is CCCCC(CC)COC1(OCC(CC)CCCC)COc2c(C=O)sc(C=O)c2OC1. The van der Waals surface area contributed by atoms with Crippen LogP contribution in [0.1, 0.15) is 98.4 Å². The largest absolute Gasteiger partial charge is 0.482 e. The number of rotatable bonds is 16. The van der Waals surface area contributed by atoms with E-state index in [9.17, 15) is 9.59 Å². The summed E-state index contributed by atoms with van der Waals surface area (Å²) in [5.41, 5.74) is 0. The van der Waals surface area contributed by atoms with Gasteiger partial charge in [-0.3, -0.25) is 9.59 Å². The van der Waals surface area contributed by atoms with E-state index in [1.807, 2.05) is 0 Å². The molecule has 2 heterocycles. The Hall–Kier alpha value is -1.44. The van der Waals surface area contributed by atoms with Crippen molar-refractivity contribution >= 4 is 23.9 Å². The molecule has 0 fully saturated rings. The molecule has 0 amide bonds. The summed E-state index contributed by atoms with van der Waals surface area (Å²) in [7, 11) is 0. The molecule has 0 spiro atoms. The van der Waals surface area contributed by atoms with Gasteiger partial charge < -0.3 is 18.9 Å². The van der Waals surface area contributed by atoms with Crippen LogP contribution in [-0.4, -0.2) is 44.8 Å². The summed E-state index contributed by atoms with van der Waals surface area (Å²) in [6, 6.07) is 0. The van der Waals surface area contributed by atoms with Crippen LogP contribution in [0.2, 0.25) is 0 Å². The highest BCUT2D eigenvalue weighted by molar-refractivity contribution is 7.16. The van der Waals surface area contributed by atoms with Crippen LogP contribution >= 0.6 is 11.3 Å². The Morgan fingerprint density at radius 3 is 1.62 bits per heavy atom. The molecule has 1 aliphatic rings. The molecular formula is C25H40O6S. The van der Waals surface area contributed by atoms with E-state index in [0.29, 0.717) is 58.9 Å². The Balaban J connectivity index is 2.18. The topological polar surface area (TPSA) is 71.1 Å². The maximum Gasteiger partial charge on any atom is 0.238 e. The third kappa shape index (κ3) is 7.29. The molecule has 32 heavy (non-hydrogen) atoms. The van der Waals surface area contributed by atoms with Crippen LogP contribution < -0.4 is 9.47 Å². The fraction of sp³-hybridized carbons (Fsp3) is 0.760. The minimum Gasteiger partial charge on any atom is -0.482 e. The number of ether oxygens (including phenoxy) is 4. The van der Waals surface area contributed by atoms with Gasteiger partial charge in [-0.05, 0) is 24.7 Å². The van der Waals surface area contributed by atoms with E-state index in [1.54, 1.807) is 0 Å². The van der Waals surface area contributed by atoms with Gasteiger partial charge in [0.1, 0.15) is 23.0 Å². The summed E-state index contributed by atoms with van der Waals surface area (Å²) in [6.07, 6.45) is 10.3. The molecule has 0 bridgehead atoms. The molecule has 7 heteroatoms. The third-order valence-electron chi connectivity index (χ3n) is 6.21. The second kappa shape index (κ2) is 14.0. The standard InChI is InChI=1S/C25H40O6S/c1-5-9-11-19(7-3)15-30-25(31-16-20(8-4)12-10-6-2)17-28-23-21(13-26)32-22(14-27)24(23)29-18-25/h13-14,19-20H,5-12,15-18H2,1-4H3. The van der Waals surface area contributed by atoms with E-state index in [4.69, 9.17) is 18.9 Å². The number of carbonyl (C=O) groups excluding carboxylic acids is 2. The number of carbonyl (C=O) groups is 2. The molecule has 0 N–H and O–H groups in total. The summed E-state index contributed by atoms with van der Waals surface area (Å²) in [5.74, 6) is 0.432. The molecule has 2 unspecified atom stereocenters. The molecular weight excluding hydrogens is 428 g/mol. The van der Waals surface area contributed by atoms with Crippen LogP contribution in [0.4, 0.5) is 0 Å². The van der Waals surface area contributed by atoms with Gasteiger partial charge in [-0.15, -0.1) is 11.3 Å². The predicted octanol–water partition coefficient (Wildman–Crippen LogP) is 6.31. The van der Waals surface area contributed by atoms with Gasteiger partial charge in [-0.2, -0.15) is 0 Å². The maximum atomic E-state index is 11.5. The molecule has 182 valence electrons. The molecule has 0 aliphatic carbocycles. The lowest BCUT2D eigenvalue weighted by atomic mass is 10.00. The van der Waals surface area contributed by atoms with Crippen molar-refractivity contribution in [1.82, 2.24) is 0 Å². The molecule has 1 aromatic rings. The molecule has 0 saturated heterocycles. The first-order chi connectivity index (χ1) is 15.6. The minimum atomic E-state index is -1.07. The number of hydrogen-bond donors (Lipinski definition) is 0. The van der Waals surface area contributed by atoms with E-state index in [1.165, 1.54) is 12.8 Å². The van der Waals surface area contributed by atoms with Gasteiger partial charge in [0.2, 0.25) is 5.79 Å². The molecule has 0 aromatic carbocycles. The van der Waals surface area contributed by atoms with Crippen molar-refractivity contribution in [3.05, 3.63) is 9.75 Å². The molecule has 2 rings (SSSR count). The Morgan fingerprint density at radius 1 is 0.844 bits per heavy atom. The highest BCUT2D eigenvalue weighted by atomic mass is 32.1. The van der Waals surface area contributed by atoms with Crippen LogP contribution in [-0.2, 0) is 9.47 Å². The lowest BCUT2D eigenvalue weighted by Gasteiger charge is -2.34. The number of unbranched alkanes of at least 4 members (excludes halogenated alkanes) is 2. The van der Waals surface area contributed by atoms with Crippen molar-refractivity contribution in [2.24, 2.45) is 11.8 Å². The van der Waals surface area contributed by atoms with Crippen LogP contribution in [0.25, 0.3) is 0 Å². The molecule has 0 saturated carbocycles. The van der Waals surface area contributed by atoms with Gasteiger partial charge >= 0.3 is 0 Å². The lowest BCUT2D eigenvalue weighted by Crippen LogP contribution is -2.48. The monoisotopic (exact) mass is 468 g/mol. The molecule has 2 atom stereocenters. The summed E-state index contributed by atoms with van der Waals surface area (Å²) in [6.45, 7) is 10.1. The number of thiophene rings is 1. The first-order valence-corrected chi connectivity index (χ1v) is 13.0. The molecule has 0 radical (unpaired) electrons. The van der Waals surface area contributed by atoms with E-state index >= 15 is 0 Å². The van der Waals surface area contributed by atoms with E-state index in [-0.39, 0.29) is 13.2 Å². The van der Waals surface area contributed by atoms with Gasteiger partial charge in [0.25, 0.3) is 0 Å². The normalized spacial score (nSPS) is 16.9. The zero-order chi connectivity index (χ0) is 23.4. The predicted molar refractivity (Wildman–Crippen MR) is 127 cm³/mol. The minimum absolute atomic E-state index is 0.115. The van der Waals surface area contributed by atoms with Gasteiger partial charge in [0, 0.05) is 0 Å². The molecule has 1 aromatic heterocycles. The summed E-state index contributed by atoms with van der Waals surface area (Å²) in [4.78, 5) is 23.7. The highest BCUT2D eigenvalue weighted by Gasteiger charge is 2.40. The van der Waals surface area contributed by atoms with E-state index in [2.05, 4.69) is 27.7 Å². The van der Waals surface area contributed by atoms with Gasteiger partial charge in [0.15, 0.2) is 24.1 Å². The Morgan fingerprint density at radius 2 is 1.28 bits per heavy atom. The quantitative estimate of drug-likeness (QED) is 0.209. The molecule has 6 nitrogen and oxygen atoms in total. The van der Waals surface area contributed by atoms with Gasteiger partial charge in [0.05, 0.1) is 13.2 Å². The van der Waals surface area contributed by atoms with E-state index in [0.717, 1.165) is 49.9 Å². The van der Waals surface area contributed by atoms with Crippen LogP contribution in [0.15, 0.2) is 0 Å². The summed E-state index contributed by atoms with van der Waals surface area (Å²) < 4.78 is 24.8. The Labute approximate surface area is 197 Å². The van der Waals surface area contributed by atoms with Crippen LogP contribution in [0.3, 0.4) is 0 Å². The maximum absolute atomic E-state index is 11.5. The Bertz CT molecular complexity index is 644. The smallest absolute Gasteiger partial charge is 0.238 e. The van der Waals surface area contributed by atoms with Crippen molar-refractivity contribution in [3.8, 4) is 11.5 Å². The first-order valence-electron chi connectivity index (χ1n) is 12.2. The number of hydrogen-bond acceptors (Lipinski definition) is 7. The van der Waals surface area contributed by atoms with Crippen molar-refractivity contribution in [1.29, 1.82) is 0 Å². The van der Waals surface area contributed by atoms with Crippen molar-refractivity contribution in [2.45, 2.75) is 84.8 Å². The fourth-order valence-electron chi connectivity index (χ4n) is 3.81. The zero-order valence-electron chi connectivity index (χ0n) is 20.2. The highest BCUT2D eigenvalue weighted by Crippen LogP contribution is 2.43. The second-order valence-electron chi connectivity index (χ2n) is 8.67. The van der Waals surface area contributed by atoms with Crippen LogP contribution in [0, 0.1) is 11.8 Å². The second-order valence-corrected chi connectivity index (χ2v) is 9.75. The summed E-state index contributed by atoms with van der Waals surface area (Å²) >= 11 is 1.08. The third-order valence-corrected chi connectivity index (χ3v) is 7.21. The average Bonchev–Trinajstić information content (AvgIpc) is 3.06. The molecule has 1 aliphatic heterocycles. The van der Waals surface area contributed by atoms with Crippen molar-refractivity contribution < 1.29 is 28.5 Å². The number of fused-ring (bicyclic) bond motifs is 1. The Kier molecular flexibility index (Phi) is 11.7.